The van der Waals surface area contributed by atoms with Crippen molar-refractivity contribution in [1.82, 2.24) is 5.32 Å². The first-order valence-electron chi connectivity index (χ1n) is 8.51. The number of carbonyl (C=O) groups is 2. The fourth-order valence-electron chi connectivity index (χ4n) is 2.55. The minimum atomic E-state index is -0.652. The van der Waals surface area contributed by atoms with Gasteiger partial charge >= 0.3 is 5.97 Å². The van der Waals surface area contributed by atoms with Crippen molar-refractivity contribution in [3.8, 4) is 0 Å². The van der Waals surface area contributed by atoms with Crippen LogP contribution < -0.4 is 5.32 Å². The van der Waals surface area contributed by atoms with Gasteiger partial charge in [0.05, 0.1) is 6.42 Å². The van der Waals surface area contributed by atoms with Gasteiger partial charge in [0.1, 0.15) is 12.6 Å². The highest BCUT2D eigenvalue weighted by molar-refractivity contribution is 5.85. The number of amides is 1. The summed E-state index contributed by atoms with van der Waals surface area (Å²) in [4.78, 5) is 24.6. The molecule has 0 aliphatic rings. The third-order valence-corrected chi connectivity index (χ3v) is 3.91. The molecule has 0 radical (unpaired) electrons. The van der Waals surface area contributed by atoms with E-state index in [1.54, 1.807) is 0 Å². The Morgan fingerprint density at radius 1 is 1.00 bits per heavy atom. The lowest BCUT2D eigenvalue weighted by Crippen LogP contribution is -2.45. The molecular formula is C21H25NO3. The number of hydrogen-bond donors (Lipinski definition) is 1. The first-order valence-corrected chi connectivity index (χ1v) is 8.51. The molecule has 0 aromatic heterocycles. The molecule has 1 atom stereocenters. The summed E-state index contributed by atoms with van der Waals surface area (Å²) in [7, 11) is 0. The van der Waals surface area contributed by atoms with E-state index in [4.69, 9.17) is 4.74 Å². The van der Waals surface area contributed by atoms with Crippen molar-refractivity contribution >= 4 is 11.9 Å². The van der Waals surface area contributed by atoms with Gasteiger partial charge in [0.25, 0.3) is 0 Å². The van der Waals surface area contributed by atoms with Crippen LogP contribution in [0.15, 0.2) is 54.6 Å². The topological polar surface area (TPSA) is 55.4 Å². The molecule has 0 saturated carbocycles. The first kappa shape index (κ1) is 18.7. The van der Waals surface area contributed by atoms with Crippen LogP contribution in [0.2, 0.25) is 0 Å². The van der Waals surface area contributed by atoms with Gasteiger partial charge in [0.2, 0.25) is 5.91 Å². The predicted molar refractivity (Wildman–Crippen MR) is 97.9 cm³/mol. The molecule has 1 N–H and O–H groups in total. The SMILES string of the molecule is Cc1cccc(COC(=O)[C@@H](NC(=O)Cc2ccccc2)C(C)C)c1. The van der Waals surface area contributed by atoms with E-state index < -0.39 is 12.0 Å². The van der Waals surface area contributed by atoms with Crippen LogP contribution in [0.3, 0.4) is 0 Å². The minimum Gasteiger partial charge on any atom is -0.459 e. The van der Waals surface area contributed by atoms with Gasteiger partial charge in [-0.05, 0) is 24.0 Å². The number of rotatable bonds is 7. The second-order valence-corrected chi connectivity index (χ2v) is 6.55. The van der Waals surface area contributed by atoms with E-state index in [1.807, 2.05) is 75.4 Å². The molecule has 2 aromatic rings. The zero-order valence-corrected chi connectivity index (χ0v) is 15.0. The third kappa shape index (κ3) is 6.07. The second-order valence-electron chi connectivity index (χ2n) is 6.55. The maximum atomic E-state index is 12.4. The molecule has 0 saturated heterocycles. The zero-order valence-electron chi connectivity index (χ0n) is 15.0. The average Bonchev–Trinajstić information content (AvgIpc) is 2.58. The van der Waals surface area contributed by atoms with Crippen LogP contribution in [0.1, 0.15) is 30.5 Å². The fraction of sp³-hybridized carbons (Fsp3) is 0.333. The molecule has 0 aliphatic heterocycles. The number of ether oxygens (including phenoxy) is 1. The fourth-order valence-corrected chi connectivity index (χ4v) is 2.55. The van der Waals surface area contributed by atoms with Gasteiger partial charge in [-0.15, -0.1) is 0 Å². The van der Waals surface area contributed by atoms with E-state index >= 15 is 0 Å². The number of aryl methyl sites for hydroxylation is 1. The second kappa shape index (κ2) is 9.02. The van der Waals surface area contributed by atoms with Crippen LogP contribution >= 0.6 is 0 Å². The molecular weight excluding hydrogens is 314 g/mol. The molecule has 25 heavy (non-hydrogen) atoms. The Morgan fingerprint density at radius 2 is 1.68 bits per heavy atom. The van der Waals surface area contributed by atoms with Crippen molar-refractivity contribution < 1.29 is 14.3 Å². The Bertz CT molecular complexity index is 710. The lowest BCUT2D eigenvalue weighted by molar-refractivity contribution is -0.150. The number of carbonyl (C=O) groups excluding carboxylic acids is 2. The van der Waals surface area contributed by atoms with Gasteiger partial charge in [-0.25, -0.2) is 4.79 Å². The summed E-state index contributed by atoms with van der Waals surface area (Å²) in [5.41, 5.74) is 2.97. The molecule has 0 unspecified atom stereocenters. The highest BCUT2D eigenvalue weighted by atomic mass is 16.5. The van der Waals surface area contributed by atoms with E-state index in [1.165, 1.54) is 0 Å². The Kier molecular flexibility index (Phi) is 6.75. The normalized spacial score (nSPS) is 11.8. The van der Waals surface area contributed by atoms with Gasteiger partial charge in [0.15, 0.2) is 0 Å². The molecule has 0 aliphatic carbocycles. The highest BCUT2D eigenvalue weighted by Gasteiger charge is 2.25. The number of esters is 1. The minimum absolute atomic E-state index is 0.0512. The molecule has 132 valence electrons. The van der Waals surface area contributed by atoms with Crippen LogP contribution in [-0.2, 0) is 27.4 Å². The van der Waals surface area contributed by atoms with E-state index in [0.29, 0.717) is 0 Å². The van der Waals surface area contributed by atoms with E-state index in [0.717, 1.165) is 16.7 Å². The largest absolute Gasteiger partial charge is 0.459 e. The summed E-state index contributed by atoms with van der Waals surface area (Å²) < 4.78 is 5.40. The van der Waals surface area contributed by atoms with Crippen molar-refractivity contribution in [2.24, 2.45) is 5.92 Å². The number of nitrogens with one attached hydrogen (secondary N) is 1. The molecule has 0 bridgehead atoms. The maximum Gasteiger partial charge on any atom is 0.329 e. The van der Waals surface area contributed by atoms with Gasteiger partial charge in [-0.1, -0.05) is 74.0 Å². The highest BCUT2D eigenvalue weighted by Crippen LogP contribution is 2.10. The van der Waals surface area contributed by atoms with E-state index in [-0.39, 0.29) is 24.9 Å². The van der Waals surface area contributed by atoms with Gasteiger partial charge in [-0.2, -0.15) is 0 Å². The first-order chi connectivity index (χ1) is 12.0. The summed E-state index contributed by atoms with van der Waals surface area (Å²) in [5, 5.41) is 2.80. The Hall–Kier alpha value is -2.62. The van der Waals surface area contributed by atoms with Crippen molar-refractivity contribution in [1.29, 1.82) is 0 Å². The maximum absolute atomic E-state index is 12.4. The van der Waals surface area contributed by atoms with Crippen molar-refractivity contribution in [3.63, 3.8) is 0 Å². The van der Waals surface area contributed by atoms with Gasteiger partial charge in [0, 0.05) is 0 Å². The average molecular weight is 339 g/mol. The summed E-state index contributed by atoms with van der Waals surface area (Å²) in [6, 6.07) is 16.6. The Balaban J connectivity index is 1.92. The molecule has 4 nitrogen and oxygen atoms in total. The molecule has 4 heteroatoms. The van der Waals surface area contributed by atoms with E-state index in [2.05, 4.69) is 5.32 Å². The van der Waals surface area contributed by atoms with E-state index in [9.17, 15) is 9.59 Å². The molecule has 0 fully saturated rings. The van der Waals surface area contributed by atoms with Crippen LogP contribution in [0, 0.1) is 12.8 Å². The summed E-state index contributed by atoms with van der Waals surface area (Å²) in [5.74, 6) is -0.639. The molecule has 0 spiro atoms. The Morgan fingerprint density at radius 3 is 2.32 bits per heavy atom. The molecule has 1 amide bonds. The number of hydrogen-bond acceptors (Lipinski definition) is 3. The van der Waals surface area contributed by atoms with Crippen molar-refractivity contribution in [3.05, 3.63) is 71.3 Å². The summed E-state index contributed by atoms with van der Waals surface area (Å²) in [6.07, 6.45) is 0.245. The molecule has 2 aromatic carbocycles. The zero-order chi connectivity index (χ0) is 18.2. The molecule has 0 heterocycles. The summed E-state index contributed by atoms with van der Waals surface area (Å²) in [6.45, 7) is 5.98. The monoisotopic (exact) mass is 339 g/mol. The van der Waals surface area contributed by atoms with Crippen LogP contribution in [0.4, 0.5) is 0 Å². The van der Waals surface area contributed by atoms with Crippen molar-refractivity contribution in [2.45, 2.75) is 39.8 Å². The van der Waals surface area contributed by atoms with Crippen molar-refractivity contribution in [2.75, 3.05) is 0 Å². The third-order valence-electron chi connectivity index (χ3n) is 3.91. The lowest BCUT2D eigenvalue weighted by atomic mass is 10.0. The standard InChI is InChI=1S/C21H25NO3/c1-15(2)20(22-19(23)13-17-9-5-4-6-10-17)21(24)25-14-18-11-7-8-16(3)12-18/h4-12,15,20H,13-14H2,1-3H3,(H,22,23)/t20-/m0/s1. The number of benzene rings is 2. The van der Waals surface area contributed by atoms with Crippen LogP contribution in [0.25, 0.3) is 0 Å². The van der Waals surface area contributed by atoms with Crippen LogP contribution in [-0.4, -0.2) is 17.9 Å². The van der Waals surface area contributed by atoms with Gasteiger partial charge < -0.3 is 10.1 Å². The van der Waals surface area contributed by atoms with Crippen LogP contribution in [0.5, 0.6) is 0 Å². The smallest absolute Gasteiger partial charge is 0.329 e. The molecule has 2 rings (SSSR count). The quantitative estimate of drug-likeness (QED) is 0.787. The predicted octanol–water partition coefficient (Wildman–Crippen LogP) is 3.42. The van der Waals surface area contributed by atoms with Gasteiger partial charge in [-0.3, -0.25) is 4.79 Å². The summed E-state index contributed by atoms with van der Waals surface area (Å²) >= 11 is 0. The lowest BCUT2D eigenvalue weighted by Gasteiger charge is -2.21. The Labute approximate surface area is 149 Å².